The minimum atomic E-state index is -3.98. The Morgan fingerprint density at radius 1 is 1.20 bits per heavy atom. The van der Waals surface area contributed by atoms with Crippen molar-refractivity contribution >= 4 is 27.9 Å². The molecule has 0 saturated carbocycles. The van der Waals surface area contributed by atoms with Gasteiger partial charge in [0.15, 0.2) is 6.61 Å². The van der Waals surface area contributed by atoms with Crippen LogP contribution >= 0.6 is 0 Å². The maximum Gasteiger partial charge on any atom is 0.338 e. The van der Waals surface area contributed by atoms with Gasteiger partial charge in [0, 0.05) is 5.54 Å². The first kappa shape index (κ1) is 20.6. The molecule has 0 bridgehead atoms. The summed E-state index contributed by atoms with van der Waals surface area (Å²) in [4.78, 5) is 34.9. The number of rotatable bonds is 4. The lowest BCUT2D eigenvalue weighted by atomic mass is 10.1. The minimum Gasteiger partial charge on any atom is -0.452 e. The number of carbonyl (C=O) groups is 3. The van der Waals surface area contributed by atoms with E-state index < -0.39 is 40.1 Å². The highest BCUT2D eigenvalue weighted by atomic mass is 32.2. The number of ether oxygens (including phenoxy) is 1. The molecule has 0 radical (unpaired) electrons. The summed E-state index contributed by atoms with van der Waals surface area (Å²) in [5, 5.41) is 9.54. The summed E-state index contributed by atoms with van der Waals surface area (Å²) in [5.74, 6) is -1.73. The number of hydrogen-bond acceptors (Lipinski definition) is 6. The van der Waals surface area contributed by atoms with E-state index in [0.29, 0.717) is 5.56 Å². The van der Waals surface area contributed by atoms with Gasteiger partial charge in [0.1, 0.15) is 0 Å². The van der Waals surface area contributed by atoms with Crippen LogP contribution in [0.3, 0.4) is 0 Å². The van der Waals surface area contributed by atoms with Crippen molar-refractivity contribution in [1.82, 2.24) is 10.6 Å². The van der Waals surface area contributed by atoms with Crippen LogP contribution in [0.15, 0.2) is 23.1 Å². The second-order valence-electron chi connectivity index (χ2n) is 6.35. The third-order valence-electron chi connectivity index (χ3n) is 2.83. The van der Waals surface area contributed by atoms with Crippen molar-refractivity contribution in [2.45, 2.75) is 38.1 Å². The predicted molar refractivity (Wildman–Crippen MR) is 89.3 cm³/mol. The number of benzene rings is 1. The Morgan fingerprint density at radius 3 is 2.32 bits per heavy atom. The number of imide groups is 1. The molecule has 138 valence electrons. The van der Waals surface area contributed by atoms with Crippen molar-refractivity contribution in [2.75, 3.05) is 6.61 Å². The van der Waals surface area contributed by atoms with E-state index in [-0.39, 0.29) is 10.5 Å². The molecular formula is C15H21N3O6S. The quantitative estimate of drug-likeness (QED) is 0.654. The molecule has 1 aromatic rings. The Labute approximate surface area is 146 Å². The fourth-order valence-corrected chi connectivity index (χ4v) is 2.28. The van der Waals surface area contributed by atoms with E-state index >= 15 is 0 Å². The van der Waals surface area contributed by atoms with Crippen molar-refractivity contribution in [3.05, 3.63) is 29.3 Å². The lowest BCUT2D eigenvalue weighted by Crippen LogP contribution is -2.49. The van der Waals surface area contributed by atoms with Gasteiger partial charge in [-0.1, -0.05) is 6.07 Å². The summed E-state index contributed by atoms with van der Waals surface area (Å²) in [6.45, 7) is 6.07. The summed E-state index contributed by atoms with van der Waals surface area (Å²) in [6, 6.07) is 3.00. The number of primary sulfonamides is 1. The predicted octanol–water partition coefficient (Wildman–Crippen LogP) is 0.424. The molecule has 0 heterocycles. The van der Waals surface area contributed by atoms with Gasteiger partial charge in [-0.3, -0.25) is 10.1 Å². The maximum absolute atomic E-state index is 12.0. The number of sulfonamides is 1. The molecule has 0 saturated heterocycles. The summed E-state index contributed by atoms with van der Waals surface area (Å²) >= 11 is 0. The first-order valence-corrected chi connectivity index (χ1v) is 8.77. The lowest BCUT2D eigenvalue weighted by molar-refractivity contribution is -0.123. The molecule has 0 spiro atoms. The number of hydrogen-bond donors (Lipinski definition) is 3. The van der Waals surface area contributed by atoms with Crippen LogP contribution in [0.4, 0.5) is 4.79 Å². The standard InChI is InChI=1S/C15H21N3O6S/c1-9-5-6-10(25(16,22)23)7-11(9)13(20)24-8-12(19)17-14(21)18-15(2,3)4/h5-7H,8H2,1-4H3,(H2,16,22,23)(H2,17,18,19,21). The van der Waals surface area contributed by atoms with Gasteiger partial charge in [-0.25, -0.2) is 23.1 Å². The summed E-state index contributed by atoms with van der Waals surface area (Å²) in [5.41, 5.74) is -0.131. The number of carbonyl (C=O) groups excluding carboxylic acids is 3. The van der Waals surface area contributed by atoms with Gasteiger partial charge in [-0.05, 0) is 45.4 Å². The molecule has 1 aromatic carbocycles. The average molecular weight is 371 g/mol. The smallest absolute Gasteiger partial charge is 0.338 e. The Bertz CT molecular complexity index is 796. The monoisotopic (exact) mass is 371 g/mol. The van der Waals surface area contributed by atoms with E-state index in [0.717, 1.165) is 6.07 Å². The fourth-order valence-electron chi connectivity index (χ4n) is 1.74. The van der Waals surface area contributed by atoms with E-state index in [1.54, 1.807) is 27.7 Å². The van der Waals surface area contributed by atoms with E-state index in [2.05, 4.69) is 5.32 Å². The maximum atomic E-state index is 12.0. The van der Waals surface area contributed by atoms with Crippen LogP contribution in [0, 0.1) is 6.92 Å². The highest BCUT2D eigenvalue weighted by Gasteiger charge is 2.19. The Hall–Kier alpha value is -2.46. The van der Waals surface area contributed by atoms with Gasteiger partial charge in [-0.15, -0.1) is 0 Å². The normalized spacial score (nSPS) is 11.6. The molecule has 1 rings (SSSR count). The summed E-state index contributed by atoms with van der Waals surface area (Å²) in [7, 11) is -3.98. The highest BCUT2D eigenvalue weighted by Crippen LogP contribution is 2.15. The largest absolute Gasteiger partial charge is 0.452 e. The van der Waals surface area contributed by atoms with Crippen molar-refractivity contribution in [1.29, 1.82) is 0 Å². The van der Waals surface area contributed by atoms with Crippen molar-refractivity contribution in [2.24, 2.45) is 5.14 Å². The molecule has 10 heteroatoms. The molecule has 3 amide bonds. The van der Waals surface area contributed by atoms with Gasteiger partial charge in [0.2, 0.25) is 10.0 Å². The molecule has 0 aliphatic carbocycles. The van der Waals surface area contributed by atoms with Crippen LogP contribution in [0.2, 0.25) is 0 Å². The van der Waals surface area contributed by atoms with Crippen LogP contribution in [-0.4, -0.2) is 38.5 Å². The number of nitrogens with one attached hydrogen (secondary N) is 2. The molecule has 0 unspecified atom stereocenters. The SMILES string of the molecule is Cc1ccc(S(N)(=O)=O)cc1C(=O)OCC(=O)NC(=O)NC(C)(C)C. The van der Waals surface area contributed by atoms with Crippen molar-refractivity contribution in [3.63, 3.8) is 0 Å². The first-order valence-electron chi connectivity index (χ1n) is 7.22. The van der Waals surface area contributed by atoms with Gasteiger partial charge in [0.25, 0.3) is 5.91 Å². The fraction of sp³-hybridized carbons (Fsp3) is 0.400. The number of aryl methyl sites for hydroxylation is 1. The zero-order chi connectivity index (χ0) is 19.4. The van der Waals surface area contributed by atoms with Gasteiger partial charge >= 0.3 is 12.0 Å². The zero-order valence-corrected chi connectivity index (χ0v) is 15.2. The third-order valence-corrected chi connectivity index (χ3v) is 3.74. The number of nitrogens with two attached hydrogens (primary N) is 1. The topological polar surface area (TPSA) is 145 Å². The molecule has 4 N–H and O–H groups in total. The zero-order valence-electron chi connectivity index (χ0n) is 14.4. The third kappa shape index (κ3) is 6.89. The number of amides is 3. The van der Waals surface area contributed by atoms with Crippen LogP contribution < -0.4 is 15.8 Å². The molecule has 0 aliphatic heterocycles. The van der Waals surface area contributed by atoms with E-state index in [4.69, 9.17) is 9.88 Å². The first-order chi connectivity index (χ1) is 11.3. The van der Waals surface area contributed by atoms with Crippen LogP contribution in [-0.2, 0) is 19.6 Å². The van der Waals surface area contributed by atoms with Gasteiger partial charge in [-0.2, -0.15) is 0 Å². The minimum absolute atomic E-state index is 0.0431. The Kier molecular flexibility index (Phi) is 6.27. The number of esters is 1. The number of urea groups is 1. The van der Waals surface area contributed by atoms with Gasteiger partial charge in [0.05, 0.1) is 10.5 Å². The molecule has 0 atom stereocenters. The Morgan fingerprint density at radius 2 is 1.80 bits per heavy atom. The van der Waals surface area contributed by atoms with E-state index in [1.165, 1.54) is 12.1 Å². The van der Waals surface area contributed by atoms with Crippen LogP contribution in [0.5, 0.6) is 0 Å². The van der Waals surface area contributed by atoms with Crippen molar-refractivity contribution in [3.8, 4) is 0 Å². The van der Waals surface area contributed by atoms with Gasteiger partial charge < -0.3 is 10.1 Å². The lowest BCUT2D eigenvalue weighted by Gasteiger charge is -2.20. The molecule has 0 fully saturated rings. The second-order valence-corrected chi connectivity index (χ2v) is 7.91. The van der Waals surface area contributed by atoms with E-state index in [9.17, 15) is 22.8 Å². The molecule has 0 aliphatic rings. The van der Waals surface area contributed by atoms with Crippen LogP contribution in [0.1, 0.15) is 36.7 Å². The molecule has 0 aromatic heterocycles. The molecule has 9 nitrogen and oxygen atoms in total. The summed E-state index contributed by atoms with van der Waals surface area (Å²) in [6.07, 6.45) is 0. The van der Waals surface area contributed by atoms with E-state index in [1.807, 2.05) is 5.32 Å². The highest BCUT2D eigenvalue weighted by molar-refractivity contribution is 7.89. The Balaban J connectivity index is 2.71. The van der Waals surface area contributed by atoms with Crippen molar-refractivity contribution < 1.29 is 27.5 Å². The average Bonchev–Trinajstić information content (AvgIpc) is 2.41. The molecular weight excluding hydrogens is 350 g/mol. The summed E-state index contributed by atoms with van der Waals surface area (Å²) < 4.78 is 27.5. The second kappa shape index (κ2) is 7.62. The molecule has 25 heavy (non-hydrogen) atoms. The van der Waals surface area contributed by atoms with Crippen LogP contribution in [0.25, 0.3) is 0 Å².